The van der Waals surface area contributed by atoms with Crippen molar-refractivity contribution in [2.45, 2.75) is 92.3 Å². The first kappa shape index (κ1) is 35.0. The topological polar surface area (TPSA) is 65.4 Å². The van der Waals surface area contributed by atoms with Gasteiger partial charge in [-0.3, -0.25) is 9.78 Å². The first-order valence-electron chi connectivity index (χ1n) is 16.0. The molecule has 6 nitrogen and oxygen atoms in total. The van der Waals surface area contributed by atoms with Gasteiger partial charge < -0.3 is 19.4 Å². The Kier molecular flexibility index (Phi) is 12.7. The van der Waals surface area contributed by atoms with E-state index in [2.05, 4.69) is 81.1 Å². The molecule has 0 aliphatic carbocycles. The summed E-state index contributed by atoms with van der Waals surface area (Å²) >= 11 is 0. The Morgan fingerprint density at radius 2 is 1.98 bits per heavy atom. The fourth-order valence-corrected chi connectivity index (χ4v) is 5.90. The van der Waals surface area contributed by atoms with E-state index in [0.29, 0.717) is 13.0 Å². The molecule has 0 radical (unpaired) electrons. The van der Waals surface area contributed by atoms with Crippen LogP contribution in [-0.2, 0) is 27.2 Å². The molecule has 0 fully saturated rings. The molecule has 0 aliphatic rings. The minimum Gasteiger partial charge on any atom is -0.464 e. The van der Waals surface area contributed by atoms with Crippen LogP contribution in [0.1, 0.15) is 90.2 Å². The second kappa shape index (κ2) is 16.0. The highest BCUT2D eigenvalue weighted by Gasteiger charge is 2.30. The second-order valence-electron chi connectivity index (χ2n) is 12.5. The third-order valence-corrected chi connectivity index (χ3v) is 8.28. The van der Waals surface area contributed by atoms with Gasteiger partial charge in [-0.05, 0) is 101 Å². The molecule has 0 bridgehead atoms. The molecule has 0 amide bonds. The maximum Gasteiger partial charge on any atom is 0.323 e. The van der Waals surface area contributed by atoms with Gasteiger partial charge >= 0.3 is 5.97 Å². The average molecular weight is 600 g/mol. The number of hydrogen-bond donors (Lipinski definition) is 1. The van der Waals surface area contributed by atoms with Crippen LogP contribution in [0.2, 0.25) is 0 Å². The smallest absolute Gasteiger partial charge is 0.323 e. The maximum absolute atomic E-state index is 13.1. The number of ether oxygens (including phenoxy) is 2. The number of methoxy groups -OCH3 is 1. The summed E-state index contributed by atoms with van der Waals surface area (Å²) < 4.78 is 14.1. The summed E-state index contributed by atoms with van der Waals surface area (Å²) in [5.41, 5.74) is 8.55. The maximum atomic E-state index is 13.1. The van der Waals surface area contributed by atoms with E-state index < -0.39 is 0 Å². The summed E-state index contributed by atoms with van der Waals surface area (Å²) in [5, 5.41) is 4.33. The first-order valence-corrected chi connectivity index (χ1v) is 16.0. The number of aryl methyl sites for hydroxylation is 1. The van der Waals surface area contributed by atoms with Gasteiger partial charge in [-0.2, -0.15) is 0 Å². The van der Waals surface area contributed by atoms with Crippen LogP contribution in [0, 0.1) is 5.41 Å². The lowest BCUT2D eigenvalue weighted by atomic mass is 9.84. The first-order chi connectivity index (χ1) is 21.0. The standard InChI is InChI=1S/C38H53N3O3/c1-11-16-28(12-2)29-20-21-34-31(23-29)32(36(41(34)13-3)30-18-15-22-40-35(30)27(6)43-10)24-38(7,8)25-44-37(42)33(39-9)19-14-17-26(4)5/h12,15-16,18,20-23,27,33,39H,2,4,11,13-14,17,19,24-25H2,1,3,5-10H3/b28-16+/t27-,33-/m0/s1. The zero-order chi connectivity index (χ0) is 32.4. The van der Waals surface area contributed by atoms with Crippen molar-refractivity contribution in [2.24, 2.45) is 5.41 Å². The van der Waals surface area contributed by atoms with Gasteiger partial charge in [0.2, 0.25) is 0 Å². The molecule has 2 aromatic heterocycles. The Morgan fingerprint density at radius 1 is 1.23 bits per heavy atom. The van der Waals surface area contributed by atoms with E-state index >= 15 is 0 Å². The Balaban J connectivity index is 2.12. The zero-order valence-corrected chi connectivity index (χ0v) is 28.3. The van der Waals surface area contributed by atoms with Crippen molar-refractivity contribution in [1.29, 1.82) is 0 Å². The van der Waals surface area contributed by atoms with E-state index in [1.165, 1.54) is 16.5 Å². The number of carbonyl (C=O) groups is 1. The summed E-state index contributed by atoms with van der Waals surface area (Å²) in [6.07, 6.45) is 9.96. The molecule has 238 valence electrons. The Hall–Kier alpha value is -3.48. The number of pyridine rings is 1. The summed E-state index contributed by atoms with van der Waals surface area (Å²) in [6, 6.07) is 10.5. The molecule has 0 spiro atoms. The minimum absolute atomic E-state index is 0.171. The molecule has 2 atom stereocenters. The number of fused-ring (bicyclic) bond motifs is 1. The highest BCUT2D eigenvalue weighted by atomic mass is 16.5. The lowest BCUT2D eigenvalue weighted by molar-refractivity contribution is -0.149. The largest absolute Gasteiger partial charge is 0.464 e. The summed E-state index contributed by atoms with van der Waals surface area (Å²) in [5.74, 6) is -0.204. The number of nitrogens with one attached hydrogen (secondary N) is 1. The number of nitrogens with zero attached hydrogens (tertiary/aromatic N) is 2. The Bertz CT molecular complexity index is 1480. The number of benzene rings is 1. The quantitative estimate of drug-likeness (QED) is 0.0954. The number of allylic oxidation sites excluding steroid dienone is 4. The van der Waals surface area contributed by atoms with Crippen molar-refractivity contribution in [2.75, 3.05) is 20.8 Å². The van der Waals surface area contributed by atoms with Crippen molar-refractivity contribution < 1.29 is 14.3 Å². The summed E-state index contributed by atoms with van der Waals surface area (Å²) in [4.78, 5) is 17.9. The van der Waals surface area contributed by atoms with E-state index in [9.17, 15) is 4.79 Å². The number of carbonyl (C=O) groups excluding carboxylic acids is 1. The van der Waals surface area contributed by atoms with Gasteiger partial charge in [-0.15, -0.1) is 6.58 Å². The molecule has 3 aromatic rings. The molecule has 0 saturated carbocycles. The van der Waals surface area contributed by atoms with Crippen molar-refractivity contribution in [1.82, 2.24) is 14.9 Å². The number of esters is 1. The molecule has 0 saturated heterocycles. The number of aromatic nitrogens is 2. The van der Waals surface area contributed by atoms with Crippen LogP contribution >= 0.6 is 0 Å². The van der Waals surface area contributed by atoms with Crippen LogP contribution in [0.3, 0.4) is 0 Å². The minimum atomic E-state index is -0.334. The van der Waals surface area contributed by atoms with Crippen LogP contribution in [0.15, 0.2) is 67.4 Å². The summed E-state index contributed by atoms with van der Waals surface area (Å²) in [7, 11) is 3.54. The van der Waals surface area contributed by atoms with Crippen molar-refractivity contribution in [3.63, 3.8) is 0 Å². The van der Waals surface area contributed by atoms with E-state index in [1.807, 2.05) is 39.2 Å². The van der Waals surface area contributed by atoms with Gasteiger partial charge in [0.1, 0.15) is 6.04 Å². The number of likely N-dealkylation sites (N-methyl/N-ethyl adjacent to an activating group) is 1. The average Bonchev–Trinajstić information content (AvgIpc) is 3.31. The monoisotopic (exact) mass is 599 g/mol. The lowest BCUT2D eigenvalue weighted by Gasteiger charge is -2.27. The van der Waals surface area contributed by atoms with Crippen LogP contribution in [-0.4, -0.2) is 42.3 Å². The Morgan fingerprint density at radius 3 is 2.59 bits per heavy atom. The molecule has 0 unspecified atom stereocenters. The SMILES string of the molecule is C=C/C(=C\CC)c1ccc2c(c1)c(CC(C)(C)COC(=O)[C@H](CCCC(=C)C)NC)c(-c1cccnc1[C@H](C)OC)n2CC. The highest BCUT2D eigenvalue weighted by molar-refractivity contribution is 5.95. The molecular weight excluding hydrogens is 546 g/mol. The molecule has 1 aromatic carbocycles. The summed E-state index contributed by atoms with van der Waals surface area (Å²) in [6.45, 7) is 21.9. The van der Waals surface area contributed by atoms with Crippen LogP contribution in [0.5, 0.6) is 0 Å². The van der Waals surface area contributed by atoms with E-state index in [0.717, 1.165) is 65.9 Å². The normalized spacial score (nSPS) is 13.6. The molecular formula is C38H53N3O3. The van der Waals surface area contributed by atoms with Gasteiger partial charge in [-0.1, -0.05) is 51.1 Å². The lowest BCUT2D eigenvalue weighted by Crippen LogP contribution is -2.37. The van der Waals surface area contributed by atoms with Crippen LogP contribution < -0.4 is 5.32 Å². The van der Waals surface area contributed by atoms with Crippen molar-refractivity contribution in [3.05, 3.63) is 84.2 Å². The number of rotatable bonds is 17. The van der Waals surface area contributed by atoms with Crippen molar-refractivity contribution >= 4 is 22.4 Å². The third-order valence-electron chi connectivity index (χ3n) is 8.28. The van der Waals surface area contributed by atoms with Gasteiger partial charge in [0.05, 0.1) is 24.1 Å². The van der Waals surface area contributed by atoms with Gasteiger partial charge in [0.15, 0.2) is 0 Å². The van der Waals surface area contributed by atoms with Crippen LogP contribution in [0.4, 0.5) is 0 Å². The van der Waals surface area contributed by atoms with E-state index in [4.69, 9.17) is 14.5 Å². The fraction of sp³-hybridized carbons (Fsp3) is 0.474. The second-order valence-corrected chi connectivity index (χ2v) is 12.5. The van der Waals surface area contributed by atoms with E-state index in [-0.39, 0.29) is 23.5 Å². The number of hydrogen-bond acceptors (Lipinski definition) is 5. The van der Waals surface area contributed by atoms with Crippen LogP contribution in [0.25, 0.3) is 27.7 Å². The molecule has 1 N–H and O–H groups in total. The molecule has 2 heterocycles. The predicted octanol–water partition coefficient (Wildman–Crippen LogP) is 8.86. The molecule has 6 heteroatoms. The predicted molar refractivity (Wildman–Crippen MR) is 185 cm³/mol. The molecule has 0 aliphatic heterocycles. The zero-order valence-electron chi connectivity index (χ0n) is 28.3. The highest BCUT2D eigenvalue weighted by Crippen LogP contribution is 2.41. The third kappa shape index (κ3) is 8.36. The molecule has 44 heavy (non-hydrogen) atoms. The van der Waals surface area contributed by atoms with Gasteiger partial charge in [0.25, 0.3) is 0 Å². The Labute approximate surface area is 265 Å². The fourth-order valence-electron chi connectivity index (χ4n) is 5.90. The van der Waals surface area contributed by atoms with Gasteiger partial charge in [0, 0.05) is 41.7 Å². The van der Waals surface area contributed by atoms with Crippen molar-refractivity contribution in [3.8, 4) is 11.3 Å². The van der Waals surface area contributed by atoms with Gasteiger partial charge in [-0.25, -0.2) is 0 Å². The van der Waals surface area contributed by atoms with E-state index in [1.54, 1.807) is 7.11 Å². The molecule has 3 rings (SSSR count).